The number of hydrogen-bond donors (Lipinski definition) is 1. The molecular weight excluding hydrogens is 368 g/mol. The van der Waals surface area contributed by atoms with Crippen LogP contribution in [0.3, 0.4) is 0 Å². The molecule has 0 saturated carbocycles. The van der Waals surface area contributed by atoms with E-state index in [9.17, 15) is 14.7 Å². The van der Waals surface area contributed by atoms with Crippen LogP contribution in [0.1, 0.15) is 33.2 Å². The van der Waals surface area contributed by atoms with Gasteiger partial charge in [-0.2, -0.15) is 0 Å². The number of esters is 1. The lowest BCUT2D eigenvalue weighted by Gasteiger charge is -2.16. The highest BCUT2D eigenvalue weighted by Gasteiger charge is 2.18. The average molecular weight is 384 g/mol. The van der Waals surface area contributed by atoms with Gasteiger partial charge >= 0.3 is 5.97 Å². The number of aryl methyl sites for hydroxylation is 1. The monoisotopic (exact) mass is 383 g/mol. The summed E-state index contributed by atoms with van der Waals surface area (Å²) < 4.78 is 5.12. The molecule has 0 amide bonds. The molecular formula is C20H16ClN2O4-. The van der Waals surface area contributed by atoms with Crippen molar-refractivity contribution < 1.29 is 19.4 Å². The van der Waals surface area contributed by atoms with Gasteiger partial charge in [-0.1, -0.05) is 23.7 Å². The van der Waals surface area contributed by atoms with Gasteiger partial charge in [0.25, 0.3) is 0 Å². The normalized spacial score (nSPS) is 10.6. The van der Waals surface area contributed by atoms with Crippen LogP contribution in [0.25, 0.3) is 10.9 Å². The Morgan fingerprint density at radius 3 is 2.74 bits per heavy atom. The molecule has 6 nitrogen and oxygen atoms in total. The lowest BCUT2D eigenvalue weighted by molar-refractivity contribution is -0.255. The van der Waals surface area contributed by atoms with E-state index in [1.54, 1.807) is 31.2 Å². The van der Waals surface area contributed by atoms with Gasteiger partial charge in [-0.25, -0.2) is 4.79 Å². The largest absolute Gasteiger partial charge is 0.545 e. The fraction of sp³-hybridized carbons (Fsp3) is 0.150. The van der Waals surface area contributed by atoms with Crippen molar-refractivity contribution in [2.75, 3.05) is 11.9 Å². The van der Waals surface area contributed by atoms with Crippen LogP contribution >= 0.6 is 11.6 Å². The van der Waals surface area contributed by atoms with Gasteiger partial charge in [-0.3, -0.25) is 4.98 Å². The van der Waals surface area contributed by atoms with Crippen molar-refractivity contribution in [3.63, 3.8) is 0 Å². The Bertz CT molecular complexity index is 1050. The predicted molar refractivity (Wildman–Crippen MR) is 102 cm³/mol. The predicted octanol–water partition coefficient (Wildman–Crippen LogP) is 3.48. The quantitative estimate of drug-likeness (QED) is 0.678. The molecule has 0 radical (unpaired) electrons. The summed E-state index contributed by atoms with van der Waals surface area (Å²) in [5.41, 5.74) is 2.63. The van der Waals surface area contributed by atoms with Crippen LogP contribution in [0.2, 0.25) is 5.02 Å². The van der Waals surface area contributed by atoms with Gasteiger partial charge in [0, 0.05) is 22.3 Å². The van der Waals surface area contributed by atoms with Gasteiger partial charge in [0.2, 0.25) is 0 Å². The summed E-state index contributed by atoms with van der Waals surface area (Å²) in [4.78, 5) is 27.9. The topological polar surface area (TPSA) is 91.3 Å². The summed E-state index contributed by atoms with van der Waals surface area (Å²) in [6.45, 7) is 3.77. The molecule has 7 heteroatoms. The number of carboxylic acids is 1. The zero-order chi connectivity index (χ0) is 19.6. The molecule has 3 rings (SSSR count). The zero-order valence-corrected chi connectivity index (χ0v) is 15.5. The number of pyridine rings is 1. The summed E-state index contributed by atoms with van der Waals surface area (Å²) >= 11 is 6.18. The van der Waals surface area contributed by atoms with Gasteiger partial charge < -0.3 is 20.0 Å². The minimum absolute atomic E-state index is 0.0234. The molecule has 1 N–H and O–H groups in total. The van der Waals surface area contributed by atoms with E-state index < -0.39 is 11.9 Å². The van der Waals surface area contributed by atoms with Crippen molar-refractivity contribution in [2.45, 2.75) is 13.8 Å². The third-order valence-electron chi connectivity index (χ3n) is 4.09. The number of aromatic nitrogens is 1. The Morgan fingerprint density at radius 2 is 2.04 bits per heavy atom. The number of carbonyl (C=O) groups excluding carboxylic acids is 2. The highest BCUT2D eigenvalue weighted by molar-refractivity contribution is 6.32. The van der Waals surface area contributed by atoms with Crippen molar-refractivity contribution >= 4 is 45.8 Å². The van der Waals surface area contributed by atoms with Crippen LogP contribution in [0.5, 0.6) is 0 Å². The van der Waals surface area contributed by atoms with Crippen molar-refractivity contribution in [1.82, 2.24) is 4.98 Å². The van der Waals surface area contributed by atoms with E-state index in [1.807, 2.05) is 6.92 Å². The Kier molecular flexibility index (Phi) is 5.28. The maximum atomic E-state index is 12.4. The average Bonchev–Trinajstić information content (AvgIpc) is 2.65. The lowest BCUT2D eigenvalue weighted by Crippen LogP contribution is -2.22. The van der Waals surface area contributed by atoms with Gasteiger partial charge in [-0.05, 0) is 49.2 Å². The van der Waals surface area contributed by atoms with Gasteiger partial charge in [0.05, 0.1) is 23.8 Å². The number of hydrogen-bond acceptors (Lipinski definition) is 6. The lowest BCUT2D eigenvalue weighted by atomic mass is 10.1. The van der Waals surface area contributed by atoms with E-state index in [0.717, 1.165) is 5.56 Å². The van der Waals surface area contributed by atoms with Gasteiger partial charge in [0.1, 0.15) is 5.56 Å². The number of carboxylic acid groups (broad SMARTS) is 1. The molecule has 0 bridgehead atoms. The molecule has 27 heavy (non-hydrogen) atoms. The zero-order valence-electron chi connectivity index (χ0n) is 14.7. The minimum atomic E-state index is -1.29. The summed E-state index contributed by atoms with van der Waals surface area (Å²) in [6, 6.07) is 9.62. The molecule has 0 aliphatic rings. The van der Waals surface area contributed by atoms with E-state index in [0.29, 0.717) is 27.3 Å². The maximum absolute atomic E-state index is 12.4. The highest BCUT2D eigenvalue weighted by atomic mass is 35.5. The number of anilines is 2. The minimum Gasteiger partial charge on any atom is -0.545 e. The number of ether oxygens (including phenoxy) is 1. The summed E-state index contributed by atoms with van der Waals surface area (Å²) in [5, 5.41) is 15.5. The molecule has 3 aromatic rings. The molecule has 2 aromatic carbocycles. The summed E-state index contributed by atoms with van der Waals surface area (Å²) in [5.74, 6) is -1.82. The van der Waals surface area contributed by atoms with Crippen molar-refractivity contribution in [1.29, 1.82) is 0 Å². The molecule has 0 aliphatic heterocycles. The second-order valence-corrected chi connectivity index (χ2v) is 6.24. The van der Waals surface area contributed by atoms with E-state index in [2.05, 4.69) is 10.3 Å². The molecule has 0 saturated heterocycles. The first-order chi connectivity index (χ1) is 12.9. The second kappa shape index (κ2) is 7.63. The number of nitrogens with one attached hydrogen (secondary N) is 1. The molecule has 0 fully saturated rings. The number of benzene rings is 2. The number of carbonyl (C=O) groups is 2. The van der Waals surface area contributed by atoms with Crippen LogP contribution < -0.4 is 10.4 Å². The van der Waals surface area contributed by atoms with Crippen LogP contribution in [0.4, 0.5) is 11.4 Å². The first-order valence-corrected chi connectivity index (χ1v) is 8.63. The van der Waals surface area contributed by atoms with Crippen LogP contribution in [0.15, 0.2) is 42.6 Å². The van der Waals surface area contributed by atoms with E-state index in [-0.39, 0.29) is 17.7 Å². The Balaban J connectivity index is 2.19. The molecule has 0 spiro atoms. The maximum Gasteiger partial charge on any atom is 0.341 e. The van der Waals surface area contributed by atoms with Crippen LogP contribution in [-0.4, -0.2) is 23.5 Å². The summed E-state index contributed by atoms with van der Waals surface area (Å²) in [6.07, 6.45) is 1.43. The molecule has 0 unspecified atom stereocenters. The number of aromatic carboxylic acids is 1. The molecule has 1 aromatic heterocycles. The fourth-order valence-corrected chi connectivity index (χ4v) is 2.90. The van der Waals surface area contributed by atoms with Gasteiger partial charge in [0.15, 0.2) is 0 Å². The number of rotatable bonds is 5. The number of nitrogens with zero attached hydrogens (tertiary/aromatic N) is 1. The third kappa shape index (κ3) is 3.71. The Morgan fingerprint density at radius 1 is 1.26 bits per heavy atom. The van der Waals surface area contributed by atoms with E-state index in [1.165, 1.54) is 18.3 Å². The number of halogens is 1. The smallest absolute Gasteiger partial charge is 0.341 e. The molecule has 1 heterocycles. The van der Waals surface area contributed by atoms with Crippen molar-refractivity contribution in [2.24, 2.45) is 0 Å². The first-order valence-electron chi connectivity index (χ1n) is 8.25. The molecule has 0 atom stereocenters. The standard InChI is InChI=1S/C20H17ClN2O4/c1-3-27-20(26)15-10-22-17-11(2)16(21)8-7-14(17)18(15)23-13-6-4-5-12(9-13)19(24)25/h4-10H,3H2,1-2H3,(H,22,23)(H,24,25)/p-1. The third-order valence-corrected chi connectivity index (χ3v) is 4.50. The second-order valence-electron chi connectivity index (χ2n) is 5.83. The fourth-order valence-electron chi connectivity index (χ4n) is 2.75. The van der Waals surface area contributed by atoms with Crippen LogP contribution in [-0.2, 0) is 4.74 Å². The Labute approximate surface area is 160 Å². The highest BCUT2D eigenvalue weighted by Crippen LogP contribution is 2.33. The van der Waals surface area contributed by atoms with E-state index in [4.69, 9.17) is 16.3 Å². The first kappa shape index (κ1) is 18.7. The van der Waals surface area contributed by atoms with Gasteiger partial charge in [-0.15, -0.1) is 0 Å². The van der Waals surface area contributed by atoms with Crippen LogP contribution in [0, 0.1) is 6.92 Å². The summed E-state index contributed by atoms with van der Waals surface area (Å²) in [7, 11) is 0. The molecule has 138 valence electrons. The van der Waals surface area contributed by atoms with E-state index >= 15 is 0 Å². The van der Waals surface area contributed by atoms with Crippen molar-refractivity contribution in [3.8, 4) is 0 Å². The SMILES string of the molecule is CCOC(=O)c1cnc2c(C)c(Cl)ccc2c1Nc1cccc(C(=O)[O-])c1. The molecule has 0 aliphatic carbocycles. The van der Waals surface area contributed by atoms with Crippen molar-refractivity contribution in [3.05, 3.63) is 64.3 Å². The Hall–Kier alpha value is -3.12. The number of fused-ring (bicyclic) bond motifs is 1.